The number of carbonyl (C=O) groups excluding carboxylic acids is 1. The highest BCUT2D eigenvalue weighted by atomic mass is 32.2. The molecule has 2 aromatic carbocycles. The molecule has 0 fully saturated rings. The lowest BCUT2D eigenvalue weighted by molar-refractivity contribution is -0.113. The van der Waals surface area contributed by atoms with Crippen LogP contribution >= 0.6 is 23.1 Å². The summed E-state index contributed by atoms with van der Waals surface area (Å²) in [5.74, 6) is 0.0742. The molecule has 1 N–H and O–H groups in total. The van der Waals surface area contributed by atoms with Gasteiger partial charge in [0.2, 0.25) is 5.91 Å². The molecule has 32 heavy (non-hydrogen) atoms. The molecule has 4 aromatic rings. The lowest BCUT2D eigenvalue weighted by atomic mass is 10.1. The quantitative estimate of drug-likeness (QED) is 0.351. The largest absolute Gasteiger partial charge is 0.325 e. The zero-order valence-electron chi connectivity index (χ0n) is 18.1. The summed E-state index contributed by atoms with van der Waals surface area (Å²) in [5.41, 5.74) is 1.96. The molecule has 0 bridgehead atoms. The average molecular weight is 465 g/mol. The van der Waals surface area contributed by atoms with Crippen LogP contribution in [0.2, 0.25) is 0 Å². The van der Waals surface area contributed by atoms with Crippen LogP contribution in [0, 0.1) is 0 Å². The fourth-order valence-corrected chi connectivity index (χ4v) is 6.43. The molecule has 0 saturated carbocycles. The van der Waals surface area contributed by atoms with Crippen molar-refractivity contribution in [3.8, 4) is 0 Å². The van der Waals surface area contributed by atoms with E-state index in [9.17, 15) is 9.59 Å². The number of nitrogens with zero attached hydrogens (tertiary/aromatic N) is 3. The first-order valence-electron chi connectivity index (χ1n) is 10.7. The van der Waals surface area contributed by atoms with Crippen molar-refractivity contribution in [1.29, 1.82) is 0 Å². The summed E-state index contributed by atoms with van der Waals surface area (Å²) < 4.78 is 1.70. The van der Waals surface area contributed by atoms with Crippen molar-refractivity contribution >= 4 is 55.7 Å². The zero-order valence-corrected chi connectivity index (χ0v) is 19.7. The van der Waals surface area contributed by atoms with E-state index in [1.165, 1.54) is 16.6 Å². The highest BCUT2D eigenvalue weighted by molar-refractivity contribution is 7.99. The van der Waals surface area contributed by atoms with Gasteiger partial charge in [-0.05, 0) is 37.4 Å². The first-order chi connectivity index (χ1) is 15.5. The normalized spacial score (nSPS) is 14.1. The number of hydrogen-bond donors (Lipinski definition) is 1. The van der Waals surface area contributed by atoms with E-state index in [-0.39, 0.29) is 17.2 Å². The van der Waals surface area contributed by atoms with Crippen LogP contribution in [0.5, 0.6) is 0 Å². The molecule has 0 radical (unpaired) electrons. The van der Waals surface area contributed by atoms with Gasteiger partial charge in [0.25, 0.3) is 5.56 Å². The van der Waals surface area contributed by atoms with E-state index in [4.69, 9.17) is 4.98 Å². The van der Waals surface area contributed by atoms with Crippen molar-refractivity contribution in [2.45, 2.75) is 31.6 Å². The first-order valence-corrected chi connectivity index (χ1v) is 12.5. The maximum Gasteiger partial charge on any atom is 0.263 e. The second kappa shape index (κ2) is 8.69. The third kappa shape index (κ3) is 3.83. The van der Waals surface area contributed by atoms with Gasteiger partial charge in [-0.25, -0.2) is 4.98 Å². The summed E-state index contributed by atoms with van der Waals surface area (Å²) >= 11 is 2.93. The number of thioether (sulfide) groups is 1. The monoisotopic (exact) mass is 464 g/mol. The van der Waals surface area contributed by atoms with Crippen LogP contribution in [0.25, 0.3) is 21.0 Å². The molecule has 1 aliphatic rings. The molecule has 6 nitrogen and oxygen atoms in total. The van der Waals surface area contributed by atoms with Gasteiger partial charge < -0.3 is 10.2 Å². The van der Waals surface area contributed by atoms with Crippen LogP contribution in [0.4, 0.5) is 5.69 Å². The summed E-state index contributed by atoms with van der Waals surface area (Å²) in [4.78, 5) is 35.1. The fraction of sp³-hybridized carbons (Fsp3) is 0.292. The Morgan fingerprint density at radius 2 is 2.03 bits per heavy atom. The van der Waals surface area contributed by atoms with Gasteiger partial charge in [-0.3, -0.25) is 14.2 Å². The lowest BCUT2D eigenvalue weighted by Gasteiger charge is -2.21. The Balaban J connectivity index is 1.40. The Bertz CT molecular complexity index is 1390. The second-order valence-corrected chi connectivity index (χ2v) is 10.0. The number of fused-ring (bicyclic) bond motifs is 4. The third-order valence-electron chi connectivity index (χ3n) is 5.83. The smallest absolute Gasteiger partial charge is 0.263 e. The Morgan fingerprint density at radius 1 is 1.22 bits per heavy atom. The van der Waals surface area contributed by atoms with E-state index in [1.54, 1.807) is 15.9 Å². The molecule has 2 aromatic heterocycles. The van der Waals surface area contributed by atoms with Gasteiger partial charge in [-0.15, -0.1) is 11.3 Å². The number of thiophene rings is 1. The van der Waals surface area contributed by atoms with E-state index >= 15 is 0 Å². The van der Waals surface area contributed by atoms with Crippen molar-refractivity contribution in [2.24, 2.45) is 0 Å². The molecular weight excluding hydrogens is 440 g/mol. The minimum Gasteiger partial charge on any atom is -0.325 e. The van der Waals surface area contributed by atoms with E-state index in [1.807, 2.05) is 49.4 Å². The van der Waals surface area contributed by atoms with Crippen LogP contribution in [-0.2, 0) is 24.3 Å². The minimum absolute atomic E-state index is 0.0107. The van der Waals surface area contributed by atoms with Crippen molar-refractivity contribution < 1.29 is 4.79 Å². The average Bonchev–Trinajstić information content (AvgIpc) is 3.15. The van der Waals surface area contributed by atoms with Crippen LogP contribution in [-0.4, -0.2) is 39.7 Å². The fourth-order valence-electron chi connectivity index (χ4n) is 4.23. The first kappa shape index (κ1) is 21.2. The molecule has 5 rings (SSSR count). The standard InChI is InChI=1S/C24H24N4O2S2/c1-3-28-23(30)21-17-11-12-27(2)13-19(17)32-22(21)26-24(28)31-14-20(29)25-18-10-6-8-15-7-4-5-9-16(15)18/h4-10H,3,11-14H2,1-2H3,(H,25,29). The highest BCUT2D eigenvalue weighted by Crippen LogP contribution is 2.33. The predicted molar refractivity (Wildman–Crippen MR) is 133 cm³/mol. The molecule has 0 spiro atoms. The maximum atomic E-state index is 13.3. The minimum atomic E-state index is -0.115. The topological polar surface area (TPSA) is 67.2 Å². The number of amides is 1. The number of benzene rings is 2. The number of nitrogens with one attached hydrogen (secondary N) is 1. The molecule has 0 aliphatic carbocycles. The molecule has 1 aliphatic heterocycles. The van der Waals surface area contributed by atoms with Crippen LogP contribution < -0.4 is 10.9 Å². The Labute approximate surface area is 194 Å². The number of hydrogen-bond acceptors (Lipinski definition) is 6. The number of aromatic nitrogens is 2. The molecule has 8 heteroatoms. The molecule has 164 valence electrons. The van der Waals surface area contributed by atoms with Crippen LogP contribution in [0.15, 0.2) is 52.4 Å². The Kier molecular flexibility index (Phi) is 5.75. The molecule has 3 heterocycles. The van der Waals surface area contributed by atoms with Crippen LogP contribution in [0.3, 0.4) is 0 Å². The highest BCUT2D eigenvalue weighted by Gasteiger charge is 2.24. The van der Waals surface area contributed by atoms with Gasteiger partial charge in [-0.1, -0.05) is 48.2 Å². The van der Waals surface area contributed by atoms with Crippen LogP contribution in [0.1, 0.15) is 17.4 Å². The SMILES string of the molecule is CCn1c(SCC(=O)Nc2cccc3ccccc23)nc2sc3c(c2c1=O)CCN(C)C3. The summed E-state index contributed by atoms with van der Waals surface area (Å²) in [6, 6.07) is 13.8. The molecule has 0 atom stereocenters. The molecule has 1 amide bonds. The van der Waals surface area contributed by atoms with Crippen molar-refractivity contribution in [2.75, 3.05) is 24.7 Å². The number of anilines is 1. The van der Waals surface area contributed by atoms with E-state index in [0.717, 1.165) is 51.8 Å². The number of rotatable bonds is 5. The number of likely N-dealkylation sites (N-methyl/N-ethyl adjacent to an activating group) is 1. The summed E-state index contributed by atoms with van der Waals surface area (Å²) in [5, 5.41) is 6.47. The van der Waals surface area contributed by atoms with Crippen molar-refractivity contribution in [3.63, 3.8) is 0 Å². The lowest BCUT2D eigenvalue weighted by Crippen LogP contribution is -2.27. The summed E-state index contributed by atoms with van der Waals surface area (Å²) in [7, 11) is 2.10. The third-order valence-corrected chi connectivity index (χ3v) is 7.92. The zero-order chi connectivity index (χ0) is 22.2. The summed E-state index contributed by atoms with van der Waals surface area (Å²) in [6.45, 7) is 4.29. The maximum absolute atomic E-state index is 13.3. The van der Waals surface area contributed by atoms with Gasteiger partial charge in [0, 0.05) is 35.6 Å². The molecule has 0 unspecified atom stereocenters. The van der Waals surface area contributed by atoms with Gasteiger partial charge in [0.15, 0.2) is 5.16 Å². The van der Waals surface area contributed by atoms with Gasteiger partial charge in [0.1, 0.15) is 4.83 Å². The van der Waals surface area contributed by atoms with Gasteiger partial charge in [-0.2, -0.15) is 0 Å². The van der Waals surface area contributed by atoms with Gasteiger partial charge >= 0.3 is 0 Å². The molecule has 0 saturated heterocycles. The van der Waals surface area contributed by atoms with E-state index < -0.39 is 0 Å². The number of carbonyl (C=O) groups is 1. The van der Waals surface area contributed by atoms with Crippen molar-refractivity contribution in [1.82, 2.24) is 14.5 Å². The van der Waals surface area contributed by atoms with Gasteiger partial charge in [0.05, 0.1) is 11.1 Å². The predicted octanol–water partition coefficient (Wildman–Crippen LogP) is 4.35. The Hall–Kier alpha value is -2.68. The van der Waals surface area contributed by atoms with Crippen molar-refractivity contribution in [3.05, 3.63) is 63.3 Å². The Morgan fingerprint density at radius 3 is 2.88 bits per heavy atom. The molecular formula is C24H24N4O2S2. The van der Waals surface area contributed by atoms with E-state index in [0.29, 0.717) is 11.7 Å². The van der Waals surface area contributed by atoms with E-state index in [2.05, 4.69) is 17.3 Å². The summed E-state index contributed by atoms with van der Waals surface area (Å²) in [6.07, 6.45) is 0.881. The second-order valence-electron chi connectivity index (χ2n) is 7.98.